The van der Waals surface area contributed by atoms with E-state index in [2.05, 4.69) is 88.4 Å². The summed E-state index contributed by atoms with van der Waals surface area (Å²) < 4.78 is 21.0. The lowest BCUT2D eigenvalue weighted by molar-refractivity contribution is -0.145. The van der Waals surface area contributed by atoms with Crippen LogP contribution in [0.3, 0.4) is 0 Å². The van der Waals surface area contributed by atoms with E-state index in [1.165, 1.54) is 66.2 Å². The molecule has 0 aromatic heterocycles. The standard InChI is InChI=1S/C22H24O4.2C15H20O2.C14H14/c1-15-3-11-19(12-4-15)25-21(23)17-7-9-18(10-8-17)22(24)26-20-13-5-16(2)6-14-20;1-11-3-7-13(8-4-11)15(16)17-14-9-5-12(2)6-10-14;1-11-3-5-12(6-4-11)13-7-9-14(10-8-13)15(16)17-2;1-11-3-7-13(8-4-11)14-9-5-12(2)6-10-14/h3-6,11-14,17-18H,7-10H2,1-2H3;5-6,9-11,13H,3-4,7-8H2,1-2H3;7-12H,3-6H2,1-2H3;3-10H,1-2H3. The predicted molar refractivity (Wildman–Crippen MR) is 297 cm³/mol. The van der Waals surface area contributed by atoms with Gasteiger partial charge in [-0.15, -0.1) is 0 Å². The van der Waals surface area contributed by atoms with E-state index >= 15 is 0 Å². The zero-order chi connectivity index (χ0) is 53.0. The van der Waals surface area contributed by atoms with Gasteiger partial charge >= 0.3 is 23.9 Å². The number of carbonyl (C=O) groups is 4. The molecule has 3 aliphatic rings. The second-order valence-electron chi connectivity index (χ2n) is 21.0. The molecule has 0 unspecified atom stereocenters. The van der Waals surface area contributed by atoms with Gasteiger partial charge in [0.2, 0.25) is 0 Å². The highest BCUT2D eigenvalue weighted by molar-refractivity contribution is 5.89. The largest absolute Gasteiger partial charge is 0.465 e. The number of carbonyl (C=O) groups excluding carboxylic acids is 4. The summed E-state index contributed by atoms with van der Waals surface area (Å²) in [4.78, 5) is 47.9. The lowest BCUT2D eigenvalue weighted by atomic mass is 9.79. The SMILES string of the molecule is COC(=O)c1ccc(C2CCC(C)CC2)cc1.Cc1ccc(-c2ccc(C)cc2)cc1.Cc1ccc(OC(=O)C2CCC(C(=O)Oc3ccc(C)cc3)CC2)cc1.Cc1ccc(OC(=O)C2CCC(C)CC2)cc1. The number of ether oxygens (including phenoxy) is 4. The van der Waals surface area contributed by atoms with Crippen molar-refractivity contribution < 1.29 is 38.1 Å². The Morgan fingerprint density at radius 1 is 0.351 bits per heavy atom. The first-order valence-electron chi connectivity index (χ1n) is 26.8. The number of hydrogen-bond donors (Lipinski definition) is 0. The number of benzene rings is 6. The highest BCUT2D eigenvalue weighted by Gasteiger charge is 2.32. The van der Waals surface area contributed by atoms with Crippen LogP contribution in [0.25, 0.3) is 11.1 Å². The Balaban J connectivity index is 0.000000165. The summed E-state index contributed by atoms with van der Waals surface area (Å²) in [5.41, 5.74) is 10.6. The predicted octanol–water partition coefficient (Wildman–Crippen LogP) is 16.1. The Morgan fingerprint density at radius 3 is 0.919 bits per heavy atom. The molecule has 0 N–H and O–H groups in total. The molecule has 3 saturated carbocycles. The van der Waals surface area contributed by atoms with Gasteiger partial charge in [0.15, 0.2) is 0 Å². The van der Waals surface area contributed by atoms with E-state index in [9.17, 15) is 19.2 Å². The third-order valence-corrected chi connectivity index (χ3v) is 14.7. The summed E-state index contributed by atoms with van der Waals surface area (Å²) in [6.45, 7) is 14.8. The van der Waals surface area contributed by atoms with Gasteiger partial charge < -0.3 is 18.9 Å². The van der Waals surface area contributed by atoms with Gasteiger partial charge in [0.1, 0.15) is 17.2 Å². The molecule has 6 aromatic carbocycles. The van der Waals surface area contributed by atoms with Crippen LogP contribution in [0.15, 0.2) is 146 Å². The molecule has 9 rings (SSSR count). The molecule has 6 aromatic rings. The Hall–Kier alpha value is -6.80. The minimum Gasteiger partial charge on any atom is -0.465 e. The number of aryl methyl sites for hydroxylation is 5. The van der Waals surface area contributed by atoms with E-state index in [4.69, 9.17) is 18.9 Å². The fraction of sp³-hybridized carbons (Fsp3) is 0.394. The molecule has 390 valence electrons. The summed E-state index contributed by atoms with van der Waals surface area (Å²) >= 11 is 0. The third kappa shape index (κ3) is 18.3. The van der Waals surface area contributed by atoms with Crippen molar-refractivity contribution in [3.8, 4) is 28.4 Å². The lowest BCUT2D eigenvalue weighted by Gasteiger charge is -2.26. The van der Waals surface area contributed by atoms with Gasteiger partial charge in [-0.2, -0.15) is 0 Å². The minimum absolute atomic E-state index is 0.0549. The van der Waals surface area contributed by atoms with Gasteiger partial charge in [-0.3, -0.25) is 14.4 Å². The van der Waals surface area contributed by atoms with Crippen molar-refractivity contribution in [3.05, 3.63) is 185 Å². The summed E-state index contributed by atoms with van der Waals surface area (Å²) in [5, 5.41) is 0. The molecule has 8 nitrogen and oxygen atoms in total. The fourth-order valence-electron chi connectivity index (χ4n) is 9.57. The minimum atomic E-state index is -0.256. The van der Waals surface area contributed by atoms with Gasteiger partial charge in [-0.05, 0) is 182 Å². The van der Waals surface area contributed by atoms with Crippen LogP contribution >= 0.6 is 0 Å². The van der Waals surface area contributed by atoms with Crippen molar-refractivity contribution >= 4 is 23.9 Å². The second-order valence-corrected chi connectivity index (χ2v) is 21.0. The van der Waals surface area contributed by atoms with Gasteiger partial charge in [-0.1, -0.05) is 152 Å². The Labute approximate surface area is 441 Å². The zero-order valence-electron chi connectivity index (χ0n) is 45.1. The van der Waals surface area contributed by atoms with Crippen molar-refractivity contribution in [1.82, 2.24) is 0 Å². The number of methoxy groups -OCH3 is 1. The van der Waals surface area contributed by atoms with Crippen LogP contribution in [0.5, 0.6) is 17.2 Å². The molecule has 8 heteroatoms. The van der Waals surface area contributed by atoms with Crippen molar-refractivity contribution in [2.45, 2.75) is 131 Å². The quantitative estimate of drug-likeness (QED) is 0.104. The molecule has 74 heavy (non-hydrogen) atoms. The molecular weight excluding hydrogens is 921 g/mol. The molecule has 0 atom stereocenters. The molecule has 3 aliphatic carbocycles. The van der Waals surface area contributed by atoms with Gasteiger partial charge in [0.25, 0.3) is 0 Å². The van der Waals surface area contributed by atoms with Gasteiger partial charge in [-0.25, -0.2) is 4.79 Å². The van der Waals surface area contributed by atoms with Crippen molar-refractivity contribution in [3.63, 3.8) is 0 Å². The van der Waals surface area contributed by atoms with Crippen LogP contribution in [0.1, 0.15) is 141 Å². The number of esters is 4. The second kappa shape index (κ2) is 28.6. The van der Waals surface area contributed by atoms with E-state index in [0.29, 0.717) is 54.4 Å². The highest BCUT2D eigenvalue weighted by atomic mass is 16.5. The van der Waals surface area contributed by atoms with Crippen LogP contribution in [-0.4, -0.2) is 31.0 Å². The maximum atomic E-state index is 12.3. The summed E-state index contributed by atoms with van der Waals surface area (Å²) in [5.74, 6) is 3.19. The van der Waals surface area contributed by atoms with Crippen molar-refractivity contribution in [1.29, 1.82) is 0 Å². The van der Waals surface area contributed by atoms with Crippen LogP contribution in [0.2, 0.25) is 0 Å². The first-order valence-corrected chi connectivity index (χ1v) is 26.8. The van der Waals surface area contributed by atoms with E-state index in [1.54, 1.807) is 24.3 Å². The zero-order valence-corrected chi connectivity index (χ0v) is 45.1. The normalized spacial score (nSPS) is 20.0. The van der Waals surface area contributed by atoms with Gasteiger partial charge in [0, 0.05) is 0 Å². The van der Waals surface area contributed by atoms with Crippen LogP contribution in [0.4, 0.5) is 0 Å². The van der Waals surface area contributed by atoms with E-state index in [0.717, 1.165) is 48.6 Å². The maximum absolute atomic E-state index is 12.3. The monoisotopic (exact) mass is 999 g/mol. The van der Waals surface area contributed by atoms with Gasteiger partial charge in [0.05, 0.1) is 30.4 Å². The Morgan fingerprint density at radius 2 is 0.622 bits per heavy atom. The Kier molecular flexibility index (Phi) is 21.8. The van der Waals surface area contributed by atoms with E-state index < -0.39 is 0 Å². The summed E-state index contributed by atoms with van der Waals surface area (Å²) in [6.07, 6.45) is 12.1. The first kappa shape index (κ1) is 56.5. The molecule has 0 amide bonds. The maximum Gasteiger partial charge on any atom is 0.337 e. The van der Waals surface area contributed by atoms with Crippen molar-refractivity contribution in [2.75, 3.05) is 7.11 Å². The van der Waals surface area contributed by atoms with E-state index in [-0.39, 0.29) is 41.6 Å². The summed E-state index contributed by atoms with van der Waals surface area (Å²) in [6, 6.07) is 47.7. The lowest BCUT2D eigenvalue weighted by Crippen LogP contribution is -2.30. The molecule has 0 saturated heterocycles. The van der Waals surface area contributed by atoms with Crippen LogP contribution in [0, 0.1) is 64.2 Å². The summed E-state index contributed by atoms with van der Waals surface area (Å²) in [7, 11) is 1.42. The highest BCUT2D eigenvalue weighted by Crippen LogP contribution is 2.36. The van der Waals surface area contributed by atoms with E-state index in [1.807, 2.05) is 81.4 Å². The molecule has 0 spiro atoms. The smallest absolute Gasteiger partial charge is 0.337 e. The molecular formula is C66H78O8. The first-order chi connectivity index (χ1) is 35.6. The van der Waals surface area contributed by atoms with Crippen molar-refractivity contribution in [2.24, 2.45) is 29.6 Å². The molecule has 0 bridgehead atoms. The molecule has 3 fully saturated rings. The average molecular weight is 999 g/mol. The Bertz CT molecular complexity index is 2530. The average Bonchev–Trinajstić information content (AvgIpc) is 3.42. The molecule has 0 aliphatic heterocycles. The molecule has 0 radical (unpaired) electrons. The number of hydrogen-bond acceptors (Lipinski definition) is 8. The number of rotatable bonds is 9. The van der Waals surface area contributed by atoms with Crippen LogP contribution in [-0.2, 0) is 19.1 Å². The fourth-order valence-corrected chi connectivity index (χ4v) is 9.57. The molecule has 0 heterocycles. The van der Waals surface area contributed by atoms with Crippen LogP contribution < -0.4 is 14.2 Å². The third-order valence-electron chi connectivity index (χ3n) is 14.7. The topological polar surface area (TPSA) is 105 Å².